The van der Waals surface area contributed by atoms with E-state index in [9.17, 15) is 0 Å². The van der Waals surface area contributed by atoms with Crippen molar-refractivity contribution in [1.29, 1.82) is 0 Å². The Hall–Kier alpha value is -1.05. The second-order valence-corrected chi connectivity index (χ2v) is 1.60. The van der Waals surface area contributed by atoms with Crippen LogP contribution in [0, 0.1) is 0 Å². The van der Waals surface area contributed by atoms with Crippen molar-refractivity contribution in [3.8, 4) is 0 Å². The Balaban J connectivity index is 4.14. The number of nitrogens with zero attached hydrogens (tertiary/aromatic N) is 1. The first-order chi connectivity index (χ1) is 4.22. The Morgan fingerprint density at radius 1 is 1.67 bits per heavy atom. The molecular weight excluding hydrogens is 114 g/mol. The Labute approximate surface area is 55.6 Å². The van der Waals surface area contributed by atoms with Crippen molar-refractivity contribution >= 4 is 5.90 Å². The highest BCUT2D eigenvalue weighted by Gasteiger charge is 1.93. The van der Waals surface area contributed by atoms with Crippen LogP contribution in [0.5, 0.6) is 0 Å². The number of hydrogen-bond donors (Lipinski definition) is 0. The molecule has 0 amide bonds. The average Bonchev–Trinajstić information content (AvgIpc) is 1.82. The molecule has 0 saturated carbocycles. The summed E-state index contributed by atoms with van der Waals surface area (Å²) in [5.41, 5.74) is 0.803. The molecule has 0 saturated heterocycles. The zero-order valence-corrected chi connectivity index (χ0v) is 5.85. The Kier molecular flexibility index (Phi) is 3.44. The first-order valence-corrected chi connectivity index (χ1v) is 2.61. The van der Waals surface area contributed by atoms with Gasteiger partial charge in [0.1, 0.15) is 0 Å². The van der Waals surface area contributed by atoms with Gasteiger partial charge in [-0.1, -0.05) is 13.2 Å². The van der Waals surface area contributed by atoms with Crippen LogP contribution in [0.4, 0.5) is 0 Å². The van der Waals surface area contributed by atoms with Crippen molar-refractivity contribution in [2.45, 2.75) is 6.92 Å². The molecule has 9 heavy (non-hydrogen) atoms. The molecule has 0 atom stereocenters. The number of ether oxygens (including phenoxy) is 1. The average molecular weight is 125 g/mol. The van der Waals surface area contributed by atoms with Gasteiger partial charge < -0.3 is 4.74 Å². The molecule has 0 bridgehead atoms. The summed E-state index contributed by atoms with van der Waals surface area (Å²) >= 11 is 0. The lowest BCUT2D eigenvalue weighted by Crippen LogP contribution is -2.00. The zero-order valence-electron chi connectivity index (χ0n) is 5.85. The van der Waals surface area contributed by atoms with Gasteiger partial charge in [-0.25, -0.2) is 4.99 Å². The largest absolute Gasteiger partial charge is 0.481 e. The molecular formula is C7H11NO. The van der Waals surface area contributed by atoms with Gasteiger partial charge in [0, 0.05) is 11.8 Å². The van der Waals surface area contributed by atoms with Gasteiger partial charge in [0.25, 0.3) is 0 Å². The minimum atomic E-state index is 0.532. The highest BCUT2D eigenvalue weighted by atomic mass is 16.5. The van der Waals surface area contributed by atoms with E-state index in [4.69, 9.17) is 4.74 Å². The summed E-state index contributed by atoms with van der Waals surface area (Å²) in [5, 5.41) is 0. The van der Waals surface area contributed by atoms with E-state index in [1.165, 1.54) is 6.20 Å². The van der Waals surface area contributed by atoms with Crippen LogP contribution in [0.2, 0.25) is 0 Å². The molecule has 0 aromatic carbocycles. The SMILES string of the molecule is C=CN=C(OC)C(=C)C. The second-order valence-electron chi connectivity index (χ2n) is 1.60. The third-order valence-corrected chi connectivity index (χ3v) is 0.767. The van der Waals surface area contributed by atoms with Gasteiger partial charge in [0.05, 0.1) is 7.11 Å². The van der Waals surface area contributed by atoms with Crippen molar-refractivity contribution in [3.05, 3.63) is 24.9 Å². The first kappa shape index (κ1) is 7.95. The molecule has 0 aliphatic heterocycles. The van der Waals surface area contributed by atoms with E-state index in [0.29, 0.717) is 5.90 Å². The van der Waals surface area contributed by atoms with E-state index in [0.717, 1.165) is 5.57 Å². The van der Waals surface area contributed by atoms with Gasteiger partial charge in [-0.3, -0.25) is 0 Å². The smallest absolute Gasteiger partial charge is 0.215 e. The molecule has 2 heteroatoms. The molecule has 0 spiro atoms. The number of aliphatic imine (C=N–C) groups is 1. The van der Waals surface area contributed by atoms with Crippen LogP contribution in [-0.2, 0) is 4.74 Å². The molecule has 0 fully saturated rings. The predicted octanol–water partition coefficient (Wildman–Crippen LogP) is 1.75. The summed E-state index contributed by atoms with van der Waals surface area (Å²) in [6.45, 7) is 8.89. The van der Waals surface area contributed by atoms with Crippen molar-refractivity contribution in [3.63, 3.8) is 0 Å². The molecule has 0 aliphatic rings. The second kappa shape index (κ2) is 3.89. The van der Waals surface area contributed by atoms with E-state index in [1.54, 1.807) is 7.11 Å². The highest BCUT2D eigenvalue weighted by molar-refractivity contribution is 5.92. The fourth-order valence-electron chi connectivity index (χ4n) is 0.420. The molecule has 0 radical (unpaired) electrons. The van der Waals surface area contributed by atoms with Crippen LogP contribution in [0.15, 0.2) is 29.9 Å². The molecule has 0 rings (SSSR count). The molecule has 0 aromatic rings. The van der Waals surface area contributed by atoms with Gasteiger partial charge in [-0.05, 0) is 6.92 Å². The van der Waals surface area contributed by atoms with Crippen molar-refractivity contribution in [1.82, 2.24) is 0 Å². The maximum Gasteiger partial charge on any atom is 0.215 e. The van der Waals surface area contributed by atoms with E-state index >= 15 is 0 Å². The summed E-state index contributed by atoms with van der Waals surface area (Å²) in [6.07, 6.45) is 1.42. The maximum absolute atomic E-state index is 4.83. The predicted molar refractivity (Wildman–Crippen MR) is 39.5 cm³/mol. The summed E-state index contributed by atoms with van der Waals surface area (Å²) in [6, 6.07) is 0. The van der Waals surface area contributed by atoms with Gasteiger partial charge in [0.15, 0.2) is 0 Å². The third-order valence-electron chi connectivity index (χ3n) is 0.767. The molecule has 0 aliphatic carbocycles. The number of hydrogen-bond acceptors (Lipinski definition) is 2. The fourth-order valence-corrected chi connectivity index (χ4v) is 0.420. The van der Waals surface area contributed by atoms with E-state index in [2.05, 4.69) is 18.2 Å². The van der Waals surface area contributed by atoms with Crippen LogP contribution in [0.25, 0.3) is 0 Å². The number of rotatable bonds is 2. The van der Waals surface area contributed by atoms with Gasteiger partial charge in [-0.15, -0.1) is 0 Å². The van der Waals surface area contributed by atoms with Crippen molar-refractivity contribution < 1.29 is 4.74 Å². The third kappa shape index (κ3) is 2.69. The Morgan fingerprint density at radius 2 is 2.22 bits per heavy atom. The van der Waals surface area contributed by atoms with Crippen LogP contribution in [-0.4, -0.2) is 13.0 Å². The molecule has 50 valence electrons. The maximum atomic E-state index is 4.83. The Morgan fingerprint density at radius 3 is 2.33 bits per heavy atom. The quantitative estimate of drug-likeness (QED) is 0.407. The van der Waals surface area contributed by atoms with Crippen LogP contribution >= 0.6 is 0 Å². The topological polar surface area (TPSA) is 21.6 Å². The lowest BCUT2D eigenvalue weighted by Gasteiger charge is -1.99. The number of methoxy groups -OCH3 is 1. The molecule has 0 heterocycles. The van der Waals surface area contributed by atoms with Crippen molar-refractivity contribution in [2.24, 2.45) is 4.99 Å². The fraction of sp³-hybridized carbons (Fsp3) is 0.286. The highest BCUT2D eigenvalue weighted by Crippen LogP contribution is 1.93. The molecule has 2 nitrogen and oxygen atoms in total. The Bertz CT molecular complexity index is 147. The summed E-state index contributed by atoms with van der Waals surface area (Å²) in [4.78, 5) is 3.80. The molecule has 0 N–H and O–H groups in total. The van der Waals surface area contributed by atoms with Gasteiger partial charge in [0.2, 0.25) is 5.90 Å². The first-order valence-electron chi connectivity index (χ1n) is 2.61. The molecule has 0 aromatic heterocycles. The summed E-state index contributed by atoms with van der Waals surface area (Å²) < 4.78 is 4.83. The van der Waals surface area contributed by atoms with E-state index in [1.807, 2.05) is 6.92 Å². The molecule has 0 unspecified atom stereocenters. The summed E-state index contributed by atoms with van der Waals surface area (Å²) in [5.74, 6) is 0.532. The standard InChI is InChI=1S/C7H11NO/c1-5-8-7(9-4)6(2)3/h5H,1-2H2,3-4H3. The van der Waals surface area contributed by atoms with E-state index < -0.39 is 0 Å². The van der Waals surface area contributed by atoms with Gasteiger partial charge in [-0.2, -0.15) is 0 Å². The minimum absolute atomic E-state index is 0.532. The van der Waals surface area contributed by atoms with Crippen LogP contribution < -0.4 is 0 Å². The lowest BCUT2D eigenvalue weighted by atomic mass is 10.3. The van der Waals surface area contributed by atoms with Crippen LogP contribution in [0.1, 0.15) is 6.92 Å². The lowest BCUT2D eigenvalue weighted by molar-refractivity contribution is 0.404. The van der Waals surface area contributed by atoms with Crippen LogP contribution in [0.3, 0.4) is 0 Å². The minimum Gasteiger partial charge on any atom is -0.481 e. The zero-order chi connectivity index (χ0) is 7.28. The normalized spacial score (nSPS) is 10.7. The van der Waals surface area contributed by atoms with E-state index in [-0.39, 0.29) is 0 Å². The monoisotopic (exact) mass is 125 g/mol. The van der Waals surface area contributed by atoms with Gasteiger partial charge >= 0.3 is 0 Å². The summed E-state index contributed by atoms with van der Waals surface area (Å²) in [7, 11) is 1.55. The van der Waals surface area contributed by atoms with Crippen molar-refractivity contribution in [2.75, 3.05) is 7.11 Å².